The van der Waals surface area contributed by atoms with E-state index >= 15 is 0 Å². The van der Waals surface area contributed by atoms with Gasteiger partial charge in [0.15, 0.2) is 0 Å². The molecule has 7 nitrogen and oxygen atoms in total. The fourth-order valence-electron chi connectivity index (χ4n) is 2.93. The van der Waals surface area contributed by atoms with E-state index in [1.54, 1.807) is 36.5 Å². The van der Waals surface area contributed by atoms with Gasteiger partial charge < -0.3 is 4.74 Å². The Morgan fingerprint density at radius 1 is 1.13 bits per heavy atom. The monoisotopic (exact) mass is 462 g/mol. The summed E-state index contributed by atoms with van der Waals surface area (Å²) in [6.45, 7) is 1.59. The van der Waals surface area contributed by atoms with Crippen LogP contribution in [0, 0.1) is 0 Å². The molecule has 2 heterocycles. The van der Waals surface area contributed by atoms with E-state index in [0.717, 1.165) is 16.8 Å². The van der Waals surface area contributed by atoms with Gasteiger partial charge in [0.05, 0.1) is 30.0 Å². The Morgan fingerprint density at radius 3 is 2.60 bits per heavy atom. The van der Waals surface area contributed by atoms with Crippen molar-refractivity contribution in [1.29, 1.82) is 0 Å². The van der Waals surface area contributed by atoms with E-state index in [-0.39, 0.29) is 4.90 Å². The lowest BCUT2D eigenvalue weighted by atomic mass is 10.2. The van der Waals surface area contributed by atoms with Crippen LogP contribution in [0.25, 0.3) is 11.3 Å². The summed E-state index contributed by atoms with van der Waals surface area (Å²) in [6, 6.07) is 14.2. The Labute approximate surface area is 184 Å². The molecule has 1 aliphatic rings. The van der Waals surface area contributed by atoms with Gasteiger partial charge in [-0.3, -0.25) is 5.43 Å². The minimum atomic E-state index is -3.50. The van der Waals surface area contributed by atoms with Crippen LogP contribution in [-0.4, -0.2) is 50.2 Å². The molecule has 1 N–H and O–H groups in total. The number of nitrogens with zero attached hydrogens (tertiary/aromatic N) is 3. The summed E-state index contributed by atoms with van der Waals surface area (Å²) >= 11 is 7.51. The molecule has 3 aromatic rings. The van der Waals surface area contributed by atoms with Crippen molar-refractivity contribution in [3.63, 3.8) is 0 Å². The fraction of sp³-hybridized carbons (Fsp3) is 0.200. The normalized spacial score (nSPS) is 15.5. The average molecular weight is 463 g/mol. The van der Waals surface area contributed by atoms with Gasteiger partial charge >= 0.3 is 0 Å². The van der Waals surface area contributed by atoms with Crippen LogP contribution in [0.5, 0.6) is 0 Å². The molecule has 1 fully saturated rings. The van der Waals surface area contributed by atoms with Gasteiger partial charge in [-0.25, -0.2) is 13.4 Å². The summed E-state index contributed by atoms with van der Waals surface area (Å²) in [5.74, 6) is 0. The lowest BCUT2D eigenvalue weighted by Crippen LogP contribution is -2.40. The van der Waals surface area contributed by atoms with Gasteiger partial charge in [0.2, 0.25) is 15.2 Å². The fourth-order valence-corrected chi connectivity index (χ4v) is 5.19. The smallest absolute Gasteiger partial charge is 0.243 e. The van der Waals surface area contributed by atoms with Crippen LogP contribution < -0.4 is 5.43 Å². The number of benzene rings is 2. The molecule has 156 valence electrons. The van der Waals surface area contributed by atoms with Gasteiger partial charge in [-0.15, -0.1) is 11.3 Å². The molecule has 4 rings (SSSR count). The zero-order chi connectivity index (χ0) is 21.0. The van der Waals surface area contributed by atoms with Gasteiger partial charge in [-0.2, -0.15) is 9.41 Å². The second-order valence-electron chi connectivity index (χ2n) is 6.47. The third kappa shape index (κ3) is 4.71. The lowest BCUT2D eigenvalue weighted by Gasteiger charge is -2.26. The summed E-state index contributed by atoms with van der Waals surface area (Å²) in [5, 5.41) is 7.30. The number of ether oxygens (including phenoxy) is 1. The Hall–Kier alpha value is -2.30. The molecular formula is C20H19ClN4O3S2. The molecule has 30 heavy (non-hydrogen) atoms. The molecule has 0 radical (unpaired) electrons. The Morgan fingerprint density at radius 2 is 1.87 bits per heavy atom. The number of morpholine rings is 1. The van der Waals surface area contributed by atoms with Crippen molar-refractivity contribution in [3.8, 4) is 11.3 Å². The second-order valence-corrected chi connectivity index (χ2v) is 9.67. The topological polar surface area (TPSA) is 83.9 Å². The molecule has 10 heteroatoms. The highest BCUT2D eigenvalue weighted by atomic mass is 35.5. The standard InChI is InChI=1S/C20H19ClN4O3S2/c21-18-4-2-1-3-16(18)13-22-24-20-23-19(14-29-20)15-5-7-17(8-6-15)30(26,27)25-9-11-28-12-10-25/h1-8,13-14H,9-12H2,(H,23,24)/b22-13+. The molecule has 1 aliphatic heterocycles. The van der Waals surface area contributed by atoms with Crippen LogP contribution in [0.4, 0.5) is 5.13 Å². The van der Waals surface area contributed by atoms with Crippen LogP contribution in [0.1, 0.15) is 5.56 Å². The number of nitrogens with one attached hydrogen (secondary N) is 1. The Bertz CT molecular complexity index is 1140. The van der Waals surface area contributed by atoms with Gasteiger partial charge in [0, 0.05) is 34.6 Å². The summed E-state index contributed by atoms with van der Waals surface area (Å²) in [5.41, 5.74) is 5.27. The maximum absolute atomic E-state index is 12.7. The largest absolute Gasteiger partial charge is 0.379 e. The molecule has 2 aromatic carbocycles. The highest BCUT2D eigenvalue weighted by Gasteiger charge is 2.26. The first-order chi connectivity index (χ1) is 14.5. The van der Waals surface area contributed by atoms with Gasteiger partial charge in [0.1, 0.15) is 0 Å². The summed E-state index contributed by atoms with van der Waals surface area (Å²) in [7, 11) is -3.50. The third-order valence-electron chi connectivity index (χ3n) is 4.53. The number of anilines is 1. The number of sulfonamides is 1. The van der Waals surface area contributed by atoms with E-state index in [4.69, 9.17) is 16.3 Å². The van der Waals surface area contributed by atoms with E-state index in [0.29, 0.717) is 36.5 Å². The first-order valence-electron chi connectivity index (χ1n) is 9.21. The van der Waals surface area contributed by atoms with Crippen molar-refractivity contribution in [2.24, 2.45) is 5.10 Å². The Balaban J connectivity index is 1.44. The molecule has 1 saturated heterocycles. The van der Waals surface area contributed by atoms with Gasteiger partial charge in [0.25, 0.3) is 0 Å². The van der Waals surface area contributed by atoms with Gasteiger partial charge in [-0.05, 0) is 18.2 Å². The molecule has 0 bridgehead atoms. The van der Waals surface area contributed by atoms with Crippen molar-refractivity contribution in [2.75, 3.05) is 31.7 Å². The first-order valence-corrected chi connectivity index (χ1v) is 11.9. The lowest BCUT2D eigenvalue weighted by molar-refractivity contribution is 0.0730. The van der Waals surface area contributed by atoms with Crippen LogP contribution in [-0.2, 0) is 14.8 Å². The minimum Gasteiger partial charge on any atom is -0.379 e. The molecule has 0 aliphatic carbocycles. The van der Waals surface area contributed by atoms with Crippen LogP contribution in [0.2, 0.25) is 5.02 Å². The van der Waals surface area contributed by atoms with Crippen molar-refractivity contribution in [3.05, 3.63) is 64.5 Å². The van der Waals surface area contributed by atoms with Crippen LogP contribution in [0.15, 0.2) is 63.9 Å². The van der Waals surface area contributed by atoms with Crippen molar-refractivity contribution in [2.45, 2.75) is 4.90 Å². The number of rotatable bonds is 6. The van der Waals surface area contributed by atoms with Crippen LogP contribution >= 0.6 is 22.9 Å². The zero-order valence-electron chi connectivity index (χ0n) is 15.9. The highest BCUT2D eigenvalue weighted by molar-refractivity contribution is 7.89. The summed E-state index contributed by atoms with van der Waals surface area (Å²) < 4.78 is 32.1. The second kappa shape index (κ2) is 9.23. The molecule has 0 saturated carbocycles. The maximum atomic E-state index is 12.7. The van der Waals surface area contributed by atoms with E-state index in [9.17, 15) is 8.42 Å². The Kier molecular flexibility index (Phi) is 6.45. The van der Waals surface area contributed by atoms with E-state index in [2.05, 4.69) is 15.5 Å². The SMILES string of the molecule is O=S(=O)(c1ccc(-c2csc(N/N=C/c3ccccc3Cl)n2)cc1)N1CCOCC1. The number of hydrazone groups is 1. The highest BCUT2D eigenvalue weighted by Crippen LogP contribution is 2.27. The quantitative estimate of drug-likeness (QED) is 0.443. The van der Waals surface area contributed by atoms with E-state index in [1.807, 2.05) is 23.6 Å². The molecule has 1 aromatic heterocycles. The molecule has 0 atom stereocenters. The average Bonchev–Trinajstić information content (AvgIpc) is 3.25. The summed E-state index contributed by atoms with van der Waals surface area (Å²) in [6.07, 6.45) is 1.63. The van der Waals surface area contributed by atoms with Crippen LogP contribution in [0.3, 0.4) is 0 Å². The number of hydrogen-bond donors (Lipinski definition) is 1. The predicted molar refractivity (Wildman–Crippen MR) is 120 cm³/mol. The zero-order valence-corrected chi connectivity index (χ0v) is 18.3. The van der Waals surface area contributed by atoms with Crippen molar-refractivity contribution < 1.29 is 13.2 Å². The number of aromatic nitrogens is 1. The number of halogens is 1. The van der Waals surface area contributed by atoms with Crippen molar-refractivity contribution in [1.82, 2.24) is 9.29 Å². The molecule has 0 unspecified atom stereocenters. The third-order valence-corrected chi connectivity index (χ3v) is 7.54. The number of thiazole rings is 1. The molecular weight excluding hydrogens is 444 g/mol. The molecule has 0 spiro atoms. The number of hydrogen-bond acceptors (Lipinski definition) is 7. The minimum absolute atomic E-state index is 0.270. The predicted octanol–water partition coefficient (Wildman–Crippen LogP) is 3.93. The van der Waals surface area contributed by atoms with E-state index < -0.39 is 10.0 Å². The first kappa shape index (κ1) is 21.0. The maximum Gasteiger partial charge on any atom is 0.243 e. The van der Waals surface area contributed by atoms with Crippen molar-refractivity contribution >= 4 is 44.3 Å². The molecule has 0 amide bonds. The van der Waals surface area contributed by atoms with Gasteiger partial charge in [-0.1, -0.05) is 41.9 Å². The summed E-state index contributed by atoms with van der Waals surface area (Å²) in [4.78, 5) is 4.77. The van der Waals surface area contributed by atoms with E-state index in [1.165, 1.54) is 15.6 Å².